The zero-order valence-electron chi connectivity index (χ0n) is 15.2. The van der Waals surface area contributed by atoms with E-state index >= 15 is 0 Å². The number of amides is 2. The molecule has 0 spiro atoms. The number of methoxy groups -OCH3 is 1. The van der Waals surface area contributed by atoms with E-state index in [1.807, 2.05) is 48.2 Å². The van der Waals surface area contributed by atoms with Crippen LogP contribution in [-0.4, -0.2) is 43.0 Å². The normalized spacial score (nSPS) is 14.8. The third-order valence-corrected chi connectivity index (χ3v) is 4.84. The van der Waals surface area contributed by atoms with Crippen LogP contribution in [-0.2, 0) is 0 Å². The third-order valence-electron chi connectivity index (χ3n) is 4.84. The number of carbonyl (C=O) groups excluding carboxylic acids is 2. The summed E-state index contributed by atoms with van der Waals surface area (Å²) in [6, 6.07) is 14.9. The molecule has 0 saturated carbocycles. The smallest absolute Gasteiger partial charge is 0.257 e. The SMILES string of the molecule is COc1ccccc1C(=O)N1CCC(NC(=O)c2ccccc2C)CC1. The van der Waals surface area contributed by atoms with Gasteiger partial charge in [0, 0.05) is 24.7 Å². The molecular formula is C21H24N2O3. The molecule has 1 heterocycles. The summed E-state index contributed by atoms with van der Waals surface area (Å²) >= 11 is 0. The van der Waals surface area contributed by atoms with Crippen molar-refractivity contribution in [1.82, 2.24) is 10.2 Å². The Hall–Kier alpha value is -2.82. The zero-order valence-corrected chi connectivity index (χ0v) is 15.2. The van der Waals surface area contributed by atoms with Crippen molar-refractivity contribution in [2.45, 2.75) is 25.8 Å². The number of likely N-dealkylation sites (tertiary alicyclic amines) is 1. The molecule has 0 aromatic heterocycles. The first kappa shape index (κ1) is 18.0. The molecule has 5 heteroatoms. The maximum Gasteiger partial charge on any atom is 0.257 e. The first-order chi connectivity index (χ1) is 12.6. The molecule has 5 nitrogen and oxygen atoms in total. The summed E-state index contributed by atoms with van der Waals surface area (Å²) in [5.41, 5.74) is 2.26. The molecule has 0 radical (unpaired) electrons. The van der Waals surface area contributed by atoms with Crippen molar-refractivity contribution >= 4 is 11.8 Å². The second kappa shape index (κ2) is 8.04. The van der Waals surface area contributed by atoms with Gasteiger partial charge in [-0.1, -0.05) is 30.3 Å². The van der Waals surface area contributed by atoms with Crippen molar-refractivity contribution in [1.29, 1.82) is 0 Å². The second-order valence-corrected chi connectivity index (χ2v) is 6.56. The molecule has 1 aliphatic heterocycles. The average Bonchev–Trinajstić information content (AvgIpc) is 2.68. The Labute approximate surface area is 154 Å². The summed E-state index contributed by atoms with van der Waals surface area (Å²) in [7, 11) is 1.57. The molecular weight excluding hydrogens is 328 g/mol. The van der Waals surface area contributed by atoms with E-state index in [-0.39, 0.29) is 17.9 Å². The van der Waals surface area contributed by atoms with Gasteiger partial charge in [0.05, 0.1) is 12.7 Å². The number of ether oxygens (including phenoxy) is 1. The maximum absolute atomic E-state index is 12.7. The first-order valence-corrected chi connectivity index (χ1v) is 8.89. The van der Waals surface area contributed by atoms with Crippen molar-refractivity contribution in [3.63, 3.8) is 0 Å². The van der Waals surface area contributed by atoms with Gasteiger partial charge in [-0.25, -0.2) is 0 Å². The highest BCUT2D eigenvalue weighted by molar-refractivity contribution is 5.97. The van der Waals surface area contributed by atoms with Crippen LogP contribution in [0.5, 0.6) is 5.75 Å². The van der Waals surface area contributed by atoms with Crippen LogP contribution in [0.25, 0.3) is 0 Å². The predicted octanol–water partition coefficient (Wildman–Crippen LogP) is 3.04. The highest BCUT2D eigenvalue weighted by Gasteiger charge is 2.26. The Bertz CT molecular complexity index is 795. The summed E-state index contributed by atoms with van der Waals surface area (Å²) in [5.74, 6) is 0.524. The monoisotopic (exact) mass is 352 g/mol. The van der Waals surface area contributed by atoms with Crippen molar-refractivity contribution in [2.24, 2.45) is 0 Å². The van der Waals surface area contributed by atoms with Crippen molar-refractivity contribution in [3.8, 4) is 5.75 Å². The van der Waals surface area contributed by atoms with Gasteiger partial charge in [-0.3, -0.25) is 9.59 Å². The summed E-state index contributed by atoms with van der Waals surface area (Å²) in [6.45, 7) is 3.18. The number of carbonyl (C=O) groups is 2. The highest BCUT2D eigenvalue weighted by atomic mass is 16.5. The summed E-state index contributed by atoms with van der Waals surface area (Å²) in [4.78, 5) is 27.0. The van der Waals surface area contributed by atoms with Gasteiger partial charge in [-0.05, 0) is 43.5 Å². The summed E-state index contributed by atoms with van der Waals surface area (Å²) < 4.78 is 5.29. The lowest BCUT2D eigenvalue weighted by Crippen LogP contribution is -2.46. The molecule has 0 bridgehead atoms. The molecule has 26 heavy (non-hydrogen) atoms. The summed E-state index contributed by atoms with van der Waals surface area (Å²) in [5, 5.41) is 3.10. The Morgan fingerprint density at radius 2 is 1.62 bits per heavy atom. The topological polar surface area (TPSA) is 58.6 Å². The van der Waals surface area contributed by atoms with E-state index in [4.69, 9.17) is 4.74 Å². The fraction of sp³-hybridized carbons (Fsp3) is 0.333. The van der Waals surface area contributed by atoms with Crippen LogP contribution in [0, 0.1) is 6.92 Å². The van der Waals surface area contributed by atoms with Crippen molar-refractivity contribution < 1.29 is 14.3 Å². The van der Waals surface area contributed by atoms with Crippen LogP contribution >= 0.6 is 0 Å². The van der Waals surface area contributed by atoms with Crippen LogP contribution in [0.15, 0.2) is 48.5 Å². The van der Waals surface area contributed by atoms with Crippen LogP contribution in [0.4, 0.5) is 0 Å². The largest absolute Gasteiger partial charge is 0.496 e. The molecule has 2 aromatic carbocycles. The molecule has 1 aliphatic rings. The number of nitrogens with zero attached hydrogens (tertiary/aromatic N) is 1. The quantitative estimate of drug-likeness (QED) is 0.920. The molecule has 1 N–H and O–H groups in total. The lowest BCUT2D eigenvalue weighted by molar-refractivity contribution is 0.0695. The standard InChI is InChI=1S/C21H24N2O3/c1-15-7-3-4-8-17(15)20(24)22-16-11-13-23(14-12-16)21(25)18-9-5-6-10-19(18)26-2/h3-10,16H,11-14H2,1-2H3,(H,22,24). The summed E-state index contributed by atoms with van der Waals surface area (Å²) in [6.07, 6.45) is 1.50. The number of para-hydroxylation sites is 1. The number of hydrogen-bond acceptors (Lipinski definition) is 3. The van der Waals surface area contributed by atoms with Crippen LogP contribution in [0.2, 0.25) is 0 Å². The van der Waals surface area contributed by atoms with Gasteiger partial charge in [0.25, 0.3) is 11.8 Å². The number of nitrogens with one attached hydrogen (secondary N) is 1. The fourth-order valence-electron chi connectivity index (χ4n) is 3.31. The van der Waals surface area contributed by atoms with Gasteiger partial charge in [-0.2, -0.15) is 0 Å². The van der Waals surface area contributed by atoms with Gasteiger partial charge < -0.3 is 15.0 Å². The first-order valence-electron chi connectivity index (χ1n) is 8.89. The number of piperidine rings is 1. The minimum absolute atomic E-state index is 0.0221. The Morgan fingerprint density at radius 3 is 2.27 bits per heavy atom. The van der Waals surface area contributed by atoms with E-state index in [9.17, 15) is 9.59 Å². The Morgan fingerprint density at radius 1 is 1.00 bits per heavy atom. The minimum Gasteiger partial charge on any atom is -0.496 e. The van der Waals surface area contributed by atoms with Gasteiger partial charge in [-0.15, -0.1) is 0 Å². The molecule has 1 fully saturated rings. The van der Waals surface area contributed by atoms with Gasteiger partial charge in [0.2, 0.25) is 0 Å². The van der Waals surface area contributed by atoms with Crippen molar-refractivity contribution in [2.75, 3.05) is 20.2 Å². The van der Waals surface area contributed by atoms with Crippen molar-refractivity contribution in [3.05, 3.63) is 65.2 Å². The fourth-order valence-corrected chi connectivity index (χ4v) is 3.31. The van der Waals surface area contributed by atoms with E-state index in [2.05, 4.69) is 5.32 Å². The molecule has 3 rings (SSSR count). The molecule has 2 amide bonds. The van der Waals surface area contributed by atoms with E-state index in [0.717, 1.165) is 18.4 Å². The zero-order chi connectivity index (χ0) is 18.5. The van der Waals surface area contributed by atoms with Crippen LogP contribution in [0.3, 0.4) is 0 Å². The highest BCUT2D eigenvalue weighted by Crippen LogP contribution is 2.22. The number of rotatable bonds is 4. The second-order valence-electron chi connectivity index (χ2n) is 6.56. The Balaban J connectivity index is 1.58. The molecule has 0 unspecified atom stereocenters. The number of aryl methyl sites for hydroxylation is 1. The average molecular weight is 352 g/mol. The molecule has 0 aliphatic carbocycles. The van der Waals surface area contributed by atoms with E-state index in [1.165, 1.54) is 0 Å². The molecule has 1 saturated heterocycles. The van der Waals surface area contributed by atoms with Gasteiger partial charge in [0.15, 0.2) is 0 Å². The van der Waals surface area contributed by atoms with Crippen LogP contribution in [0.1, 0.15) is 39.1 Å². The van der Waals surface area contributed by atoms with Crippen LogP contribution < -0.4 is 10.1 Å². The number of benzene rings is 2. The van der Waals surface area contributed by atoms with E-state index < -0.39 is 0 Å². The van der Waals surface area contributed by atoms with Gasteiger partial charge >= 0.3 is 0 Å². The lowest BCUT2D eigenvalue weighted by Gasteiger charge is -2.32. The van der Waals surface area contributed by atoms with E-state index in [0.29, 0.717) is 30.0 Å². The lowest BCUT2D eigenvalue weighted by atomic mass is 10.0. The van der Waals surface area contributed by atoms with Gasteiger partial charge in [0.1, 0.15) is 5.75 Å². The minimum atomic E-state index is -0.0439. The Kier molecular flexibility index (Phi) is 5.56. The predicted molar refractivity (Wildman–Crippen MR) is 101 cm³/mol. The third kappa shape index (κ3) is 3.87. The van der Waals surface area contributed by atoms with E-state index in [1.54, 1.807) is 19.2 Å². The maximum atomic E-state index is 12.7. The number of hydrogen-bond donors (Lipinski definition) is 1. The molecule has 0 atom stereocenters. The molecule has 136 valence electrons. The molecule has 2 aromatic rings.